The number of ether oxygens (including phenoxy) is 4. The number of fused-ring (bicyclic) bond motifs is 2. The van der Waals surface area contributed by atoms with E-state index in [9.17, 15) is 28.8 Å². The van der Waals surface area contributed by atoms with Crippen LogP contribution in [-0.2, 0) is 18.9 Å². The fourth-order valence-corrected chi connectivity index (χ4v) is 4.80. The summed E-state index contributed by atoms with van der Waals surface area (Å²) in [5, 5.41) is 8.45. The van der Waals surface area contributed by atoms with Gasteiger partial charge in [-0.3, -0.25) is 0 Å². The molecular formula is C34H23N3O10. The number of cyclic esters (lactones) is 4. The summed E-state index contributed by atoms with van der Waals surface area (Å²) in [5.41, 5.74) is 2.27. The molecule has 2 aliphatic heterocycles. The Labute approximate surface area is 266 Å². The average Bonchev–Trinajstić information content (AvgIpc) is 3.55. The first-order valence-corrected chi connectivity index (χ1v) is 14.2. The maximum atomic E-state index is 12.7. The van der Waals surface area contributed by atoms with Gasteiger partial charge < -0.3 is 23.8 Å². The largest absolute Gasteiger partial charge is 0.460 e. The standard InChI is InChI=1S/C34H23N3O10/c38-29(20-6-12-25-27(18-20)33(42)46-31(25)40)44-16-14-37(24-10-8-23(9-11-24)36-35-22-4-2-1-3-5-22)15-17-45-30(39)21-7-13-26-28(19-21)34(43)47-32(26)41/h1-13,18-19H,14-17H2. The summed E-state index contributed by atoms with van der Waals surface area (Å²) < 4.78 is 20.0. The summed E-state index contributed by atoms with van der Waals surface area (Å²) in [6.45, 7) is 0.214. The van der Waals surface area contributed by atoms with Crippen molar-refractivity contribution in [2.75, 3.05) is 31.2 Å². The summed E-state index contributed by atoms with van der Waals surface area (Å²) in [6, 6.07) is 24.2. The highest BCUT2D eigenvalue weighted by Gasteiger charge is 2.31. The van der Waals surface area contributed by atoms with E-state index >= 15 is 0 Å². The summed E-state index contributed by atoms with van der Waals surface area (Å²) in [4.78, 5) is 74.5. The predicted octanol–water partition coefficient (Wildman–Crippen LogP) is 5.24. The molecular weight excluding hydrogens is 610 g/mol. The molecule has 2 aliphatic rings. The Bertz CT molecular complexity index is 1860. The van der Waals surface area contributed by atoms with E-state index in [0.717, 1.165) is 0 Å². The van der Waals surface area contributed by atoms with E-state index < -0.39 is 35.8 Å². The van der Waals surface area contributed by atoms with Gasteiger partial charge in [0.15, 0.2) is 0 Å². The molecule has 13 nitrogen and oxygen atoms in total. The van der Waals surface area contributed by atoms with Crippen molar-refractivity contribution < 1.29 is 47.7 Å². The lowest BCUT2D eigenvalue weighted by Crippen LogP contribution is -2.32. The van der Waals surface area contributed by atoms with E-state index in [1.54, 1.807) is 24.3 Å². The van der Waals surface area contributed by atoms with Crippen molar-refractivity contribution in [3.05, 3.63) is 124 Å². The van der Waals surface area contributed by atoms with Crippen LogP contribution in [0.15, 0.2) is 101 Å². The Balaban J connectivity index is 1.11. The molecule has 0 atom stereocenters. The highest BCUT2D eigenvalue weighted by atomic mass is 16.6. The van der Waals surface area contributed by atoms with Crippen LogP contribution in [0.1, 0.15) is 62.1 Å². The second-order valence-electron chi connectivity index (χ2n) is 10.2. The molecule has 0 aromatic heterocycles. The van der Waals surface area contributed by atoms with Crippen molar-refractivity contribution in [2.45, 2.75) is 0 Å². The maximum Gasteiger partial charge on any atom is 0.346 e. The van der Waals surface area contributed by atoms with Gasteiger partial charge in [0, 0.05) is 5.69 Å². The third-order valence-electron chi connectivity index (χ3n) is 7.20. The summed E-state index contributed by atoms with van der Waals surface area (Å²) in [5.74, 6) is -4.64. The van der Waals surface area contributed by atoms with Crippen molar-refractivity contribution in [1.29, 1.82) is 0 Å². The normalized spacial score (nSPS) is 13.2. The highest BCUT2D eigenvalue weighted by Crippen LogP contribution is 2.25. The molecule has 0 unspecified atom stereocenters. The first-order valence-electron chi connectivity index (χ1n) is 14.2. The van der Waals surface area contributed by atoms with E-state index in [2.05, 4.69) is 19.7 Å². The molecule has 4 aromatic rings. The highest BCUT2D eigenvalue weighted by molar-refractivity contribution is 6.16. The van der Waals surface area contributed by atoms with Gasteiger partial charge in [0.05, 0.1) is 57.8 Å². The smallest absolute Gasteiger partial charge is 0.346 e. The molecule has 6 rings (SSSR count). The van der Waals surface area contributed by atoms with Crippen LogP contribution < -0.4 is 4.90 Å². The molecule has 234 valence electrons. The second-order valence-corrected chi connectivity index (χ2v) is 10.2. The molecule has 0 amide bonds. The lowest BCUT2D eigenvalue weighted by Gasteiger charge is -2.24. The van der Waals surface area contributed by atoms with Crippen molar-refractivity contribution >= 4 is 52.9 Å². The fourth-order valence-electron chi connectivity index (χ4n) is 4.80. The number of anilines is 1. The van der Waals surface area contributed by atoms with Crippen LogP contribution in [0.5, 0.6) is 0 Å². The molecule has 47 heavy (non-hydrogen) atoms. The Kier molecular flexibility index (Phi) is 8.60. The van der Waals surface area contributed by atoms with E-state index in [-0.39, 0.29) is 59.7 Å². The Morgan fingerprint density at radius 3 is 1.49 bits per heavy atom. The number of hydrogen-bond donors (Lipinski definition) is 0. The third kappa shape index (κ3) is 6.78. The van der Waals surface area contributed by atoms with Gasteiger partial charge >= 0.3 is 35.8 Å². The quantitative estimate of drug-likeness (QED) is 0.0916. The first-order chi connectivity index (χ1) is 22.8. The van der Waals surface area contributed by atoms with Crippen LogP contribution in [0.4, 0.5) is 17.1 Å². The zero-order valence-electron chi connectivity index (χ0n) is 24.4. The molecule has 0 bridgehead atoms. The van der Waals surface area contributed by atoms with Gasteiger partial charge in [-0.1, -0.05) is 18.2 Å². The van der Waals surface area contributed by atoms with E-state index in [0.29, 0.717) is 17.1 Å². The summed E-state index contributed by atoms with van der Waals surface area (Å²) >= 11 is 0. The van der Waals surface area contributed by atoms with Gasteiger partial charge in [-0.25, -0.2) is 28.8 Å². The first kappa shape index (κ1) is 30.5. The molecule has 0 radical (unpaired) electrons. The second kappa shape index (κ2) is 13.2. The molecule has 0 saturated heterocycles. The molecule has 0 aliphatic carbocycles. The topological polar surface area (TPSA) is 167 Å². The lowest BCUT2D eigenvalue weighted by molar-refractivity contribution is 0.0425. The minimum Gasteiger partial charge on any atom is -0.460 e. The minimum absolute atomic E-state index is 0.00995. The SMILES string of the molecule is O=C(OCCN(CCOC(=O)c1ccc2c(c1)C(=O)OC2=O)c1ccc(N=Nc2ccccc2)cc1)c1ccc2c(c1)C(=O)OC2=O. The Morgan fingerprint density at radius 2 is 1.00 bits per heavy atom. The monoisotopic (exact) mass is 633 g/mol. The average molecular weight is 634 g/mol. The van der Waals surface area contributed by atoms with E-state index in [1.165, 1.54) is 36.4 Å². The van der Waals surface area contributed by atoms with E-state index in [4.69, 9.17) is 9.47 Å². The number of azo groups is 1. The number of rotatable bonds is 11. The number of esters is 6. The predicted molar refractivity (Wildman–Crippen MR) is 162 cm³/mol. The Hall–Kier alpha value is -6.50. The van der Waals surface area contributed by atoms with Gasteiger partial charge in [0.1, 0.15) is 13.2 Å². The molecule has 0 spiro atoms. The van der Waals surface area contributed by atoms with Crippen LogP contribution in [0.25, 0.3) is 0 Å². The van der Waals surface area contributed by atoms with Crippen LogP contribution in [-0.4, -0.2) is 62.1 Å². The van der Waals surface area contributed by atoms with Crippen molar-refractivity contribution in [1.82, 2.24) is 0 Å². The van der Waals surface area contributed by atoms with Gasteiger partial charge in [0.2, 0.25) is 0 Å². The molecule has 0 fully saturated rings. The number of nitrogens with zero attached hydrogens (tertiary/aromatic N) is 3. The molecule has 2 heterocycles. The van der Waals surface area contributed by atoms with Crippen LogP contribution in [0.3, 0.4) is 0 Å². The molecule has 13 heteroatoms. The number of hydrogen-bond acceptors (Lipinski definition) is 13. The third-order valence-corrected chi connectivity index (χ3v) is 7.20. The van der Waals surface area contributed by atoms with Crippen molar-refractivity contribution in [3.8, 4) is 0 Å². The number of carbonyl (C=O) groups excluding carboxylic acids is 6. The van der Waals surface area contributed by atoms with Gasteiger partial charge in [-0.05, 0) is 72.8 Å². The lowest BCUT2D eigenvalue weighted by atomic mass is 10.1. The van der Waals surface area contributed by atoms with Gasteiger partial charge in [-0.15, -0.1) is 0 Å². The molecule has 4 aromatic carbocycles. The zero-order valence-corrected chi connectivity index (χ0v) is 24.4. The summed E-state index contributed by atoms with van der Waals surface area (Å²) in [6.07, 6.45) is 0. The molecule has 0 saturated carbocycles. The van der Waals surface area contributed by atoms with Gasteiger partial charge in [-0.2, -0.15) is 10.2 Å². The fraction of sp³-hybridized carbons (Fsp3) is 0.118. The van der Waals surface area contributed by atoms with Gasteiger partial charge in [0.25, 0.3) is 0 Å². The van der Waals surface area contributed by atoms with Crippen LogP contribution >= 0.6 is 0 Å². The van der Waals surface area contributed by atoms with E-state index in [1.807, 2.05) is 35.2 Å². The Morgan fingerprint density at radius 1 is 0.553 bits per heavy atom. The molecule has 0 N–H and O–H groups in total. The van der Waals surface area contributed by atoms with Crippen molar-refractivity contribution in [3.63, 3.8) is 0 Å². The summed E-state index contributed by atoms with van der Waals surface area (Å²) in [7, 11) is 0. The van der Waals surface area contributed by atoms with Crippen LogP contribution in [0, 0.1) is 0 Å². The van der Waals surface area contributed by atoms with Crippen molar-refractivity contribution in [2.24, 2.45) is 10.2 Å². The number of carbonyl (C=O) groups is 6. The maximum absolute atomic E-state index is 12.7. The zero-order chi connectivity index (χ0) is 32.9. The minimum atomic E-state index is -0.833. The van der Waals surface area contributed by atoms with Crippen LogP contribution in [0.2, 0.25) is 0 Å². The number of benzene rings is 4.